The zero-order valence-corrected chi connectivity index (χ0v) is 21.5. The first kappa shape index (κ1) is 26.5. The minimum absolute atomic E-state index is 0. The number of nitrogens with zero attached hydrogens (tertiary/aromatic N) is 3. The second kappa shape index (κ2) is 11.2. The predicted molar refractivity (Wildman–Crippen MR) is 131 cm³/mol. The number of hydrogen-bond acceptors (Lipinski definition) is 5. The van der Waals surface area contributed by atoms with Crippen molar-refractivity contribution >= 4 is 45.7 Å². The molecule has 0 aromatic heterocycles. The van der Waals surface area contributed by atoms with Crippen LogP contribution in [0.15, 0.2) is 29.3 Å². The Kier molecular flexibility index (Phi) is 9.86. The van der Waals surface area contributed by atoms with Crippen LogP contribution in [0.3, 0.4) is 0 Å². The molecular weight excluding hydrogens is 519 g/mol. The van der Waals surface area contributed by atoms with E-state index in [9.17, 15) is 13.2 Å². The van der Waals surface area contributed by atoms with Crippen molar-refractivity contribution in [2.45, 2.75) is 25.0 Å². The molecule has 0 saturated carbocycles. The van der Waals surface area contributed by atoms with E-state index in [1.54, 1.807) is 35.1 Å². The average molecular weight is 552 g/mol. The fourth-order valence-corrected chi connectivity index (χ4v) is 4.35. The van der Waals surface area contributed by atoms with Crippen molar-refractivity contribution in [2.24, 2.45) is 4.99 Å². The summed E-state index contributed by atoms with van der Waals surface area (Å²) in [4.78, 5) is 19.9. The second-order valence-electron chi connectivity index (χ2n) is 7.95. The first-order chi connectivity index (χ1) is 13.6. The maximum Gasteiger partial charge on any atom is 0.243 e. The number of carbonyl (C=O) groups is 1. The van der Waals surface area contributed by atoms with E-state index < -0.39 is 14.6 Å². The van der Waals surface area contributed by atoms with Crippen LogP contribution in [0.1, 0.15) is 19.4 Å². The largest absolute Gasteiger partial charge is 0.497 e. The maximum absolute atomic E-state index is 12.3. The molecule has 0 unspecified atom stereocenters. The van der Waals surface area contributed by atoms with Gasteiger partial charge in [0.15, 0.2) is 15.8 Å². The summed E-state index contributed by atoms with van der Waals surface area (Å²) in [7, 11) is 1.85. The molecule has 0 radical (unpaired) electrons. The third kappa shape index (κ3) is 7.00. The van der Waals surface area contributed by atoms with Crippen molar-refractivity contribution < 1.29 is 17.9 Å². The number of methoxy groups -OCH3 is 1. The number of rotatable bonds is 6. The van der Waals surface area contributed by atoms with Crippen LogP contribution in [0.4, 0.5) is 0 Å². The number of aliphatic imine (C=N–C) groups is 1. The monoisotopic (exact) mass is 552 g/mol. The normalized spacial score (nSPS) is 17.6. The lowest BCUT2D eigenvalue weighted by molar-refractivity contribution is -0.127. The Labute approximate surface area is 197 Å². The minimum Gasteiger partial charge on any atom is -0.497 e. The maximum atomic E-state index is 12.3. The van der Waals surface area contributed by atoms with Gasteiger partial charge in [-0.15, -0.1) is 24.0 Å². The smallest absolute Gasteiger partial charge is 0.243 e. The summed E-state index contributed by atoms with van der Waals surface area (Å²) in [5.41, 5.74) is 1.14. The van der Waals surface area contributed by atoms with Crippen molar-refractivity contribution in [2.75, 3.05) is 53.1 Å². The van der Waals surface area contributed by atoms with Crippen LogP contribution < -0.4 is 10.1 Å². The summed E-state index contributed by atoms with van der Waals surface area (Å²) in [6.45, 7) is 4.78. The number of nitrogens with one attached hydrogen (secondary N) is 1. The van der Waals surface area contributed by atoms with Gasteiger partial charge in [-0.1, -0.05) is 12.1 Å². The molecule has 1 aromatic carbocycles. The van der Waals surface area contributed by atoms with Crippen molar-refractivity contribution in [3.8, 4) is 5.75 Å². The highest BCUT2D eigenvalue weighted by atomic mass is 127. The Bertz CT molecular complexity index is 839. The van der Waals surface area contributed by atoms with E-state index >= 15 is 0 Å². The zero-order chi connectivity index (χ0) is 21.7. The van der Waals surface area contributed by atoms with Gasteiger partial charge in [0, 0.05) is 33.7 Å². The van der Waals surface area contributed by atoms with Gasteiger partial charge in [-0.05, 0) is 38.0 Å². The molecule has 8 nitrogen and oxygen atoms in total. The molecule has 1 N–H and O–H groups in total. The quantitative estimate of drug-likeness (QED) is 0.326. The molecule has 1 heterocycles. The summed E-state index contributed by atoms with van der Waals surface area (Å²) in [6.07, 6.45) is 0.764. The Hall–Kier alpha value is -1.56. The van der Waals surface area contributed by atoms with E-state index in [2.05, 4.69) is 10.3 Å². The Balaban J connectivity index is 0.00000450. The SMILES string of the molecule is COc1ccc(CCNC(=NCC(=O)N(C)C)N2CCS(=O)(=O)C(C)(C)C2)cc1.I. The molecule has 2 rings (SSSR count). The zero-order valence-electron chi connectivity index (χ0n) is 18.3. The van der Waals surface area contributed by atoms with Crippen LogP contribution in [0.25, 0.3) is 0 Å². The van der Waals surface area contributed by atoms with Gasteiger partial charge in [-0.25, -0.2) is 13.4 Å². The summed E-state index contributed by atoms with van der Waals surface area (Å²) in [5, 5.41) is 3.31. The molecular formula is C20H33IN4O4S. The van der Waals surface area contributed by atoms with E-state index in [0.717, 1.165) is 17.7 Å². The lowest BCUT2D eigenvalue weighted by Crippen LogP contribution is -2.57. The topological polar surface area (TPSA) is 91.3 Å². The van der Waals surface area contributed by atoms with Crippen LogP contribution in [-0.4, -0.2) is 88.0 Å². The molecule has 10 heteroatoms. The fraction of sp³-hybridized carbons (Fsp3) is 0.600. The van der Waals surface area contributed by atoms with E-state index in [-0.39, 0.29) is 42.2 Å². The number of amides is 1. The van der Waals surface area contributed by atoms with E-state index in [1.165, 1.54) is 4.90 Å². The van der Waals surface area contributed by atoms with Crippen molar-refractivity contribution in [3.05, 3.63) is 29.8 Å². The molecule has 1 aromatic rings. The summed E-state index contributed by atoms with van der Waals surface area (Å²) in [6, 6.07) is 7.84. The first-order valence-corrected chi connectivity index (χ1v) is 11.3. The molecule has 0 bridgehead atoms. The Morgan fingerprint density at radius 1 is 1.27 bits per heavy atom. The van der Waals surface area contributed by atoms with Crippen molar-refractivity contribution in [1.29, 1.82) is 0 Å². The highest BCUT2D eigenvalue weighted by Gasteiger charge is 2.41. The van der Waals surface area contributed by atoms with Crippen LogP contribution in [0.5, 0.6) is 5.75 Å². The van der Waals surface area contributed by atoms with E-state index in [1.807, 2.05) is 29.2 Å². The van der Waals surface area contributed by atoms with Crippen LogP contribution >= 0.6 is 24.0 Å². The van der Waals surface area contributed by atoms with Crippen LogP contribution in [-0.2, 0) is 21.1 Å². The number of hydrogen-bond donors (Lipinski definition) is 1. The first-order valence-electron chi connectivity index (χ1n) is 9.64. The standard InChI is InChI=1S/C20H32N4O4S.HI/c1-20(2)15-24(12-13-29(20,26)27)19(22-14-18(25)23(3)4)21-11-10-16-6-8-17(28-5)9-7-16;/h6-9H,10-15H2,1-5H3,(H,21,22);1H. The predicted octanol–water partition coefficient (Wildman–Crippen LogP) is 1.40. The van der Waals surface area contributed by atoms with Gasteiger partial charge in [0.05, 0.1) is 17.6 Å². The Morgan fingerprint density at radius 2 is 1.90 bits per heavy atom. The number of ether oxygens (including phenoxy) is 1. The lowest BCUT2D eigenvalue weighted by Gasteiger charge is -2.39. The second-order valence-corrected chi connectivity index (χ2v) is 10.7. The molecule has 1 fully saturated rings. The highest BCUT2D eigenvalue weighted by Crippen LogP contribution is 2.23. The molecule has 1 aliphatic heterocycles. The Morgan fingerprint density at radius 3 is 2.43 bits per heavy atom. The number of halogens is 1. The van der Waals surface area contributed by atoms with Gasteiger partial charge < -0.3 is 19.9 Å². The van der Waals surface area contributed by atoms with E-state index in [4.69, 9.17) is 4.74 Å². The van der Waals surface area contributed by atoms with Gasteiger partial charge in [-0.3, -0.25) is 4.79 Å². The number of benzene rings is 1. The third-order valence-corrected chi connectivity index (χ3v) is 7.59. The summed E-state index contributed by atoms with van der Waals surface area (Å²) < 4.78 is 28.9. The van der Waals surface area contributed by atoms with Gasteiger partial charge in [0.2, 0.25) is 5.91 Å². The van der Waals surface area contributed by atoms with Crippen LogP contribution in [0, 0.1) is 0 Å². The van der Waals surface area contributed by atoms with Gasteiger partial charge in [0.1, 0.15) is 12.3 Å². The summed E-state index contributed by atoms with van der Waals surface area (Å²) >= 11 is 0. The van der Waals surface area contributed by atoms with Gasteiger partial charge >= 0.3 is 0 Å². The molecule has 1 aliphatic rings. The van der Waals surface area contributed by atoms with Gasteiger partial charge in [-0.2, -0.15) is 0 Å². The minimum atomic E-state index is -3.15. The third-order valence-electron chi connectivity index (χ3n) is 5.06. The number of sulfone groups is 1. The van der Waals surface area contributed by atoms with Gasteiger partial charge in [0.25, 0.3) is 0 Å². The highest BCUT2D eigenvalue weighted by molar-refractivity contribution is 14.0. The molecule has 0 atom stereocenters. The number of guanidine groups is 1. The fourth-order valence-electron chi connectivity index (χ4n) is 2.99. The van der Waals surface area contributed by atoms with Crippen molar-refractivity contribution in [1.82, 2.24) is 15.1 Å². The lowest BCUT2D eigenvalue weighted by atomic mass is 10.1. The molecule has 30 heavy (non-hydrogen) atoms. The average Bonchev–Trinajstić information content (AvgIpc) is 2.67. The van der Waals surface area contributed by atoms with E-state index in [0.29, 0.717) is 25.6 Å². The molecule has 0 aliphatic carbocycles. The summed E-state index contributed by atoms with van der Waals surface area (Å²) in [5.74, 6) is 1.34. The number of carbonyl (C=O) groups excluding carboxylic acids is 1. The van der Waals surface area contributed by atoms with Crippen molar-refractivity contribution in [3.63, 3.8) is 0 Å². The molecule has 170 valence electrons. The molecule has 1 saturated heterocycles. The molecule has 1 amide bonds. The van der Waals surface area contributed by atoms with Crippen LogP contribution in [0.2, 0.25) is 0 Å². The molecule has 0 spiro atoms. The number of likely N-dealkylation sites (N-methyl/N-ethyl adjacent to an activating group) is 1.